The van der Waals surface area contributed by atoms with Crippen LogP contribution >= 0.6 is 34.9 Å². The molecule has 0 atom stereocenters. The van der Waals surface area contributed by atoms with Crippen LogP contribution in [0.5, 0.6) is 5.88 Å². The van der Waals surface area contributed by atoms with Crippen LogP contribution in [-0.4, -0.2) is 30.8 Å². The zero-order chi connectivity index (χ0) is 21.1. The highest BCUT2D eigenvalue weighted by molar-refractivity contribution is 7.73. The Hall–Kier alpha value is -2.75. The number of aromatic nitrogens is 4. The predicted octanol–water partition coefficient (Wildman–Crippen LogP) is 5.82. The third kappa shape index (κ3) is 2.99. The molecule has 6 nitrogen and oxygen atoms in total. The predicted molar refractivity (Wildman–Crippen MR) is 129 cm³/mol. The van der Waals surface area contributed by atoms with Crippen LogP contribution < -0.4 is 0 Å². The molecule has 154 valence electrons. The van der Waals surface area contributed by atoms with Crippen LogP contribution in [0.3, 0.4) is 0 Å². The molecule has 0 saturated heterocycles. The fourth-order valence-corrected chi connectivity index (χ4v) is 6.81. The fourth-order valence-electron chi connectivity index (χ4n) is 4.25. The Morgan fingerprint density at radius 3 is 2.97 bits per heavy atom. The highest BCUT2D eigenvalue weighted by atomic mass is 32.1. The smallest absolute Gasteiger partial charge is 0.216 e. The van der Waals surface area contributed by atoms with Gasteiger partial charge in [-0.25, -0.2) is 24.5 Å². The van der Waals surface area contributed by atoms with Crippen LogP contribution in [0.25, 0.3) is 27.7 Å². The molecule has 1 aliphatic heterocycles. The van der Waals surface area contributed by atoms with Crippen molar-refractivity contribution in [3.63, 3.8) is 0 Å². The third-order valence-corrected chi connectivity index (χ3v) is 8.14. The van der Waals surface area contributed by atoms with E-state index in [1.807, 2.05) is 25.1 Å². The highest BCUT2D eigenvalue weighted by Crippen LogP contribution is 2.41. The van der Waals surface area contributed by atoms with Crippen molar-refractivity contribution in [2.45, 2.75) is 32.6 Å². The van der Waals surface area contributed by atoms with Gasteiger partial charge in [0.15, 0.2) is 15.6 Å². The van der Waals surface area contributed by atoms with Gasteiger partial charge in [-0.2, -0.15) is 0 Å². The maximum absolute atomic E-state index is 11.2. The van der Waals surface area contributed by atoms with E-state index in [0.29, 0.717) is 26.3 Å². The molecule has 31 heavy (non-hydrogen) atoms. The van der Waals surface area contributed by atoms with Crippen molar-refractivity contribution in [3.05, 3.63) is 49.0 Å². The number of thiophene rings is 1. The standard InChI is InChI=1S/C22H17N5OS3/c1-11-25-19(17-14-5-2-3-7-15(14)30-20(17)26-11)27-21(28)16(31-22(27)29)9-12-10-24-18-13(12)6-4-8-23-18/h4,6,8-10,28H,2-3,5,7H2,1H3/b12-9+. The van der Waals surface area contributed by atoms with Crippen LogP contribution in [0, 0.1) is 10.9 Å². The Labute approximate surface area is 191 Å². The Balaban J connectivity index is 1.55. The van der Waals surface area contributed by atoms with E-state index < -0.39 is 0 Å². The number of aryl methyl sites for hydroxylation is 3. The van der Waals surface area contributed by atoms with Crippen molar-refractivity contribution in [3.8, 4) is 11.7 Å². The van der Waals surface area contributed by atoms with Crippen LogP contribution in [-0.2, 0) is 12.8 Å². The molecule has 0 radical (unpaired) electrons. The van der Waals surface area contributed by atoms with E-state index in [-0.39, 0.29) is 5.88 Å². The molecule has 0 spiro atoms. The lowest BCUT2D eigenvalue weighted by molar-refractivity contribution is 0.440. The van der Waals surface area contributed by atoms with Gasteiger partial charge in [0.2, 0.25) is 5.88 Å². The van der Waals surface area contributed by atoms with E-state index in [0.717, 1.165) is 40.6 Å². The second kappa shape index (κ2) is 7.15. The summed E-state index contributed by atoms with van der Waals surface area (Å²) in [5.74, 6) is 2.15. The zero-order valence-corrected chi connectivity index (χ0v) is 19.1. The minimum atomic E-state index is 0.100. The minimum Gasteiger partial charge on any atom is -0.493 e. The summed E-state index contributed by atoms with van der Waals surface area (Å²) < 4.78 is 2.25. The molecule has 1 aliphatic carbocycles. The van der Waals surface area contributed by atoms with Gasteiger partial charge in [0, 0.05) is 28.4 Å². The summed E-state index contributed by atoms with van der Waals surface area (Å²) in [6, 6.07) is 3.86. The summed E-state index contributed by atoms with van der Waals surface area (Å²) in [7, 11) is 0. The van der Waals surface area contributed by atoms with Gasteiger partial charge in [-0.05, 0) is 68.6 Å². The molecule has 0 amide bonds. The lowest BCUT2D eigenvalue weighted by Gasteiger charge is -2.12. The van der Waals surface area contributed by atoms with Crippen molar-refractivity contribution in [2.24, 2.45) is 4.99 Å². The van der Waals surface area contributed by atoms with Crippen molar-refractivity contribution in [2.75, 3.05) is 0 Å². The second-order valence-electron chi connectivity index (χ2n) is 7.61. The second-order valence-corrected chi connectivity index (χ2v) is 10.4. The first-order valence-electron chi connectivity index (χ1n) is 10.1. The molecule has 1 N–H and O–H groups in total. The van der Waals surface area contributed by atoms with E-state index in [2.05, 4.69) is 15.0 Å². The van der Waals surface area contributed by atoms with Gasteiger partial charge in [0.25, 0.3) is 0 Å². The number of aliphatic imine (C=N–C) groups is 1. The highest BCUT2D eigenvalue weighted by Gasteiger charge is 2.24. The number of hydrogen-bond donors (Lipinski definition) is 1. The van der Waals surface area contributed by atoms with E-state index in [9.17, 15) is 5.11 Å². The average Bonchev–Trinajstić information content (AvgIpc) is 3.41. The largest absolute Gasteiger partial charge is 0.493 e. The van der Waals surface area contributed by atoms with E-state index in [1.165, 1.54) is 28.2 Å². The quantitative estimate of drug-likeness (QED) is 0.379. The molecule has 6 rings (SSSR count). The molecule has 5 heterocycles. The number of nitrogens with zero attached hydrogens (tertiary/aromatic N) is 5. The van der Waals surface area contributed by atoms with E-state index in [4.69, 9.17) is 17.2 Å². The minimum absolute atomic E-state index is 0.100. The van der Waals surface area contributed by atoms with Crippen LogP contribution in [0.1, 0.15) is 39.5 Å². The average molecular weight is 464 g/mol. The van der Waals surface area contributed by atoms with Crippen LogP contribution in [0.4, 0.5) is 5.82 Å². The summed E-state index contributed by atoms with van der Waals surface area (Å²) in [4.78, 5) is 21.1. The van der Waals surface area contributed by atoms with Gasteiger partial charge in [-0.15, -0.1) is 22.7 Å². The zero-order valence-electron chi connectivity index (χ0n) is 16.6. The molecular formula is C22H17N5OS3. The molecule has 0 unspecified atom stereocenters. The van der Waals surface area contributed by atoms with Crippen molar-refractivity contribution >= 4 is 68.8 Å². The molecule has 9 heteroatoms. The maximum Gasteiger partial charge on any atom is 0.216 e. The lowest BCUT2D eigenvalue weighted by Crippen LogP contribution is -2.04. The Bertz CT molecular complexity index is 1490. The maximum atomic E-state index is 11.2. The summed E-state index contributed by atoms with van der Waals surface area (Å²) in [5, 5.41) is 12.2. The van der Waals surface area contributed by atoms with Gasteiger partial charge in [-0.3, -0.25) is 0 Å². The number of aromatic hydroxyl groups is 1. The molecule has 4 aromatic rings. The third-order valence-electron chi connectivity index (χ3n) is 5.64. The molecule has 0 fully saturated rings. The van der Waals surface area contributed by atoms with Crippen molar-refractivity contribution in [1.29, 1.82) is 0 Å². The molecule has 4 aromatic heterocycles. The Morgan fingerprint density at radius 1 is 1.19 bits per heavy atom. The van der Waals surface area contributed by atoms with Crippen LogP contribution in [0.2, 0.25) is 0 Å². The van der Waals surface area contributed by atoms with E-state index >= 15 is 0 Å². The van der Waals surface area contributed by atoms with Gasteiger partial charge < -0.3 is 5.11 Å². The first kappa shape index (κ1) is 19.0. The first-order valence-corrected chi connectivity index (χ1v) is 12.1. The fraction of sp³-hybridized carbons (Fsp3) is 0.227. The van der Waals surface area contributed by atoms with Gasteiger partial charge in [0.1, 0.15) is 10.7 Å². The number of rotatable bonds is 2. The van der Waals surface area contributed by atoms with Crippen molar-refractivity contribution in [1.82, 2.24) is 19.5 Å². The molecule has 0 bridgehead atoms. The SMILES string of the molecule is Cc1nc(-n2c(O)c(/C=C3\C=Nc4ncccc43)sc2=S)c2c3c(sc2n1)CCCC3. The van der Waals surface area contributed by atoms with Crippen molar-refractivity contribution < 1.29 is 5.11 Å². The molecular weight excluding hydrogens is 446 g/mol. The number of pyridine rings is 1. The van der Waals surface area contributed by atoms with E-state index in [1.54, 1.807) is 28.3 Å². The number of thiazole rings is 1. The molecule has 2 aliphatic rings. The number of fused-ring (bicyclic) bond motifs is 4. The summed E-state index contributed by atoms with van der Waals surface area (Å²) >= 11 is 8.80. The van der Waals surface area contributed by atoms with Gasteiger partial charge >= 0.3 is 0 Å². The normalized spacial score (nSPS) is 16.2. The topological polar surface area (TPSA) is 76.2 Å². The lowest BCUT2D eigenvalue weighted by atomic mass is 9.97. The van der Waals surface area contributed by atoms with Crippen LogP contribution in [0.15, 0.2) is 23.3 Å². The molecule has 0 aromatic carbocycles. The first-order chi connectivity index (χ1) is 15.1. The monoisotopic (exact) mass is 463 g/mol. The van der Waals surface area contributed by atoms with Gasteiger partial charge in [-0.1, -0.05) is 0 Å². The Morgan fingerprint density at radius 2 is 2.06 bits per heavy atom. The summed E-state index contributed by atoms with van der Waals surface area (Å²) in [6.07, 6.45) is 9.88. The van der Waals surface area contributed by atoms with Gasteiger partial charge in [0.05, 0.1) is 10.3 Å². The Kier molecular flexibility index (Phi) is 4.38. The number of allylic oxidation sites excluding steroid dienone is 1. The summed E-state index contributed by atoms with van der Waals surface area (Å²) in [5.41, 5.74) is 3.16. The molecule has 0 saturated carbocycles. The summed E-state index contributed by atoms with van der Waals surface area (Å²) in [6.45, 7) is 1.89. The number of hydrogen-bond acceptors (Lipinski definition) is 8.